The maximum Gasteiger partial charge on any atom is 0.229 e. The molecule has 0 bridgehead atoms. The summed E-state index contributed by atoms with van der Waals surface area (Å²) in [7, 11) is 0. The number of rotatable bonds is 3. The van der Waals surface area contributed by atoms with Gasteiger partial charge in [-0.2, -0.15) is 0 Å². The topological polar surface area (TPSA) is 35.6 Å². The predicted molar refractivity (Wildman–Crippen MR) is 95.1 cm³/mol. The molecule has 3 heterocycles. The lowest BCUT2D eigenvalue weighted by Gasteiger charge is -2.37. The Morgan fingerprint density at radius 1 is 1.14 bits per heavy atom. The molecule has 3 fully saturated rings. The highest BCUT2D eigenvalue weighted by molar-refractivity contribution is 5.85. The number of amides is 1. The van der Waals surface area contributed by atoms with E-state index in [1.54, 1.807) is 0 Å². The fourth-order valence-corrected chi connectivity index (χ4v) is 4.03. The molecule has 1 amide bonds. The highest BCUT2D eigenvalue weighted by Gasteiger charge is 2.40. The molecule has 0 saturated carbocycles. The average molecular weight is 352 g/mol. The summed E-state index contributed by atoms with van der Waals surface area (Å²) in [4.78, 5) is 17.4. The monoisotopic (exact) mass is 351 g/mol. The number of hydrogen-bond donors (Lipinski definition) is 1. The number of nitrogens with zero attached hydrogens (tertiary/aromatic N) is 2. The molecule has 0 aliphatic carbocycles. The molecule has 3 rings (SSSR count). The first-order valence-corrected chi connectivity index (χ1v) is 8.40. The average Bonchev–Trinajstić information content (AvgIpc) is 3.11. The Bertz CT molecular complexity index is 347. The van der Waals surface area contributed by atoms with Crippen molar-refractivity contribution in [1.82, 2.24) is 15.1 Å². The van der Waals surface area contributed by atoms with Crippen LogP contribution in [0.15, 0.2) is 0 Å². The third kappa shape index (κ3) is 4.50. The highest BCUT2D eigenvalue weighted by Crippen LogP contribution is 2.30. The smallest absolute Gasteiger partial charge is 0.229 e. The zero-order valence-corrected chi connectivity index (χ0v) is 15.3. The van der Waals surface area contributed by atoms with Crippen molar-refractivity contribution in [3.63, 3.8) is 0 Å². The molecule has 0 aromatic carbocycles. The van der Waals surface area contributed by atoms with E-state index in [0.29, 0.717) is 5.91 Å². The molecule has 0 aromatic heterocycles. The zero-order chi connectivity index (χ0) is 14.0. The maximum absolute atomic E-state index is 12.6. The summed E-state index contributed by atoms with van der Waals surface area (Å²) < 4.78 is 0. The standard InChI is InChI=1S/C16H29N3O.2ClH/c1-16(6-7-17-13-16)15(20)19-10-4-14(5-11-19)12-18-8-2-3-9-18;;/h14,17H,2-13H2,1H3;2*1H. The van der Waals surface area contributed by atoms with Crippen molar-refractivity contribution in [2.45, 2.75) is 39.0 Å². The van der Waals surface area contributed by atoms with E-state index >= 15 is 0 Å². The van der Waals surface area contributed by atoms with Crippen LogP contribution in [0.1, 0.15) is 39.0 Å². The molecule has 0 spiro atoms. The van der Waals surface area contributed by atoms with Crippen LogP contribution in [-0.4, -0.2) is 61.5 Å². The predicted octanol–water partition coefficient (Wildman–Crippen LogP) is 2.16. The van der Waals surface area contributed by atoms with Crippen LogP contribution in [0.25, 0.3) is 0 Å². The van der Waals surface area contributed by atoms with Gasteiger partial charge >= 0.3 is 0 Å². The van der Waals surface area contributed by atoms with Crippen LogP contribution >= 0.6 is 24.8 Å². The van der Waals surface area contributed by atoms with Crippen molar-refractivity contribution in [2.24, 2.45) is 11.3 Å². The summed E-state index contributed by atoms with van der Waals surface area (Å²) in [6.07, 6.45) is 6.16. The van der Waals surface area contributed by atoms with E-state index in [2.05, 4.69) is 22.0 Å². The summed E-state index contributed by atoms with van der Waals surface area (Å²) in [5, 5.41) is 3.34. The molecule has 1 atom stereocenters. The normalized spacial score (nSPS) is 30.0. The van der Waals surface area contributed by atoms with Gasteiger partial charge in [0, 0.05) is 26.2 Å². The Morgan fingerprint density at radius 2 is 1.77 bits per heavy atom. The molecule has 22 heavy (non-hydrogen) atoms. The van der Waals surface area contributed by atoms with Crippen LogP contribution in [0.2, 0.25) is 0 Å². The third-order valence-electron chi connectivity index (χ3n) is 5.50. The summed E-state index contributed by atoms with van der Waals surface area (Å²) >= 11 is 0. The molecule has 4 nitrogen and oxygen atoms in total. The number of likely N-dealkylation sites (tertiary alicyclic amines) is 2. The van der Waals surface area contributed by atoms with Gasteiger partial charge in [0.25, 0.3) is 0 Å². The second kappa shape index (κ2) is 8.72. The van der Waals surface area contributed by atoms with E-state index in [-0.39, 0.29) is 30.2 Å². The summed E-state index contributed by atoms with van der Waals surface area (Å²) in [5.74, 6) is 1.20. The Labute approximate surface area is 147 Å². The fraction of sp³-hybridized carbons (Fsp3) is 0.938. The molecule has 1 N–H and O–H groups in total. The van der Waals surface area contributed by atoms with E-state index in [1.807, 2.05) is 0 Å². The quantitative estimate of drug-likeness (QED) is 0.846. The third-order valence-corrected chi connectivity index (χ3v) is 5.50. The van der Waals surface area contributed by atoms with Gasteiger partial charge in [-0.25, -0.2) is 0 Å². The van der Waals surface area contributed by atoms with Gasteiger partial charge in [-0.1, -0.05) is 0 Å². The lowest BCUT2D eigenvalue weighted by molar-refractivity contribution is -0.141. The van der Waals surface area contributed by atoms with Gasteiger partial charge in [0.2, 0.25) is 5.91 Å². The van der Waals surface area contributed by atoms with Crippen molar-refractivity contribution >= 4 is 30.7 Å². The molecular formula is C16H31Cl2N3O. The number of nitrogens with one attached hydrogen (secondary N) is 1. The SMILES string of the molecule is CC1(C(=O)N2CCC(CN3CCCC3)CC2)CCNC1.Cl.Cl. The molecule has 0 radical (unpaired) electrons. The van der Waals surface area contributed by atoms with E-state index in [1.165, 1.54) is 45.3 Å². The highest BCUT2D eigenvalue weighted by atomic mass is 35.5. The lowest BCUT2D eigenvalue weighted by atomic mass is 9.86. The minimum atomic E-state index is -0.137. The number of carbonyl (C=O) groups excluding carboxylic acids is 1. The van der Waals surface area contributed by atoms with Crippen molar-refractivity contribution in [3.05, 3.63) is 0 Å². The maximum atomic E-state index is 12.6. The van der Waals surface area contributed by atoms with Crippen LogP contribution in [-0.2, 0) is 4.79 Å². The molecule has 1 unspecified atom stereocenters. The minimum Gasteiger partial charge on any atom is -0.342 e. The van der Waals surface area contributed by atoms with Gasteiger partial charge in [0.15, 0.2) is 0 Å². The summed E-state index contributed by atoms with van der Waals surface area (Å²) in [6.45, 7) is 9.80. The van der Waals surface area contributed by atoms with Crippen LogP contribution < -0.4 is 5.32 Å². The fourth-order valence-electron chi connectivity index (χ4n) is 4.03. The molecular weight excluding hydrogens is 321 g/mol. The van der Waals surface area contributed by atoms with Crippen molar-refractivity contribution in [3.8, 4) is 0 Å². The van der Waals surface area contributed by atoms with E-state index in [0.717, 1.165) is 38.5 Å². The van der Waals surface area contributed by atoms with Crippen molar-refractivity contribution in [1.29, 1.82) is 0 Å². The molecule has 3 aliphatic rings. The number of halogens is 2. The molecule has 130 valence electrons. The number of carbonyl (C=O) groups is 1. The first-order valence-electron chi connectivity index (χ1n) is 8.40. The first kappa shape index (κ1) is 20.0. The first-order chi connectivity index (χ1) is 9.67. The van der Waals surface area contributed by atoms with Gasteiger partial charge in [0.05, 0.1) is 5.41 Å². The minimum absolute atomic E-state index is 0. The summed E-state index contributed by atoms with van der Waals surface area (Å²) in [5.41, 5.74) is -0.137. The van der Waals surface area contributed by atoms with Crippen LogP contribution in [0.5, 0.6) is 0 Å². The number of piperidine rings is 1. The molecule has 3 aliphatic heterocycles. The summed E-state index contributed by atoms with van der Waals surface area (Å²) in [6, 6.07) is 0. The second-order valence-corrected chi connectivity index (χ2v) is 7.23. The van der Waals surface area contributed by atoms with E-state index in [9.17, 15) is 4.79 Å². The van der Waals surface area contributed by atoms with Crippen molar-refractivity contribution in [2.75, 3.05) is 45.8 Å². The molecule has 3 saturated heterocycles. The Kier molecular flexibility index (Phi) is 7.93. The number of hydrogen-bond acceptors (Lipinski definition) is 3. The van der Waals surface area contributed by atoms with Crippen molar-refractivity contribution < 1.29 is 4.79 Å². The zero-order valence-electron chi connectivity index (χ0n) is 13.7. The van der Waals surface area contributed by atoms with E-state index < -0.39 is 0 Å². The Morgan fingerprint density at radius 3 is 2.32 bits per heavy atom. The van der Waals surface area contributed by atoms with Crippen LogP contribution in [0, 0.1) is 11.3 Å². The van der Waals surface area contributed by atoms with Crippen LogP contribution in [0.4, 0.5) is 0 Å². The van der Waals surface area contributed by atoms with Gasteiger partial charge in [0.1, 0.15) is 0 Å². The Hall–Kier alpha value is -0.0300. The lowest BCUT2D eigenvalue weighted by Crippen LogP contribution is -2.48. The van der Waals surface area contributed by atoms with Gasteiger partial charge in [-0.15, -0.1) is 24.8 Å². The molecule has 0 aromatic rings. The Balaban J connectivity index is 0.00000121. The van der Waals surface area contributed by atoms with Gasteiger partial charge in [-0.05, 0) is 64.6 Å². The second-order valence-electron chi connectivity index (χ2n) is 7.23. The van der Waals surface area contributed by atoms with Crippen LogP contribution in [0.3, 0.4) is 0 Å². The van der Waals surface area contributed by atoms with E-state index in [4.69, 9.17) is 0 Å². The molecule has 6 heteroatoms. The van der Waals surface area contributed by atoms with Gasteiger partial charge < -0.3 is 15.1 Å². The van der Waals surface area contributed by atoms with Gasteiger partial charge in [-0.3, -0.25) is 4.79 Å². The largest absolute Gasteiger partial charge is 0.342 e.